The number of guanidine groups is 1. The van der Waals surface area contributed by atoms with Gasteiger partial charge in [0.1, 0.15) is 23.4 Å². The number of aliphatic imine (C=N–C) groups is 1. The van der Waals surface area contributed by atoms with E-state index in [-0.39, 0.29) is 30.1 Å². The normalized spacial score (nSPS) is 11.8. The SMILES string of the molecule is CN=C(NCc1ccc(C)c(OC)c1)NCC(C)Oc1cccc(OC)c1.I. The van der Waals surface area contributed by atoms with Gasteiger partial charge < -0.3 is 24.8 Å². The van der Waals surface area contributed by atoms with Crippen molar-refractivity contribution >= 4 is 29.9 Å². The van der Waals surface area contributed by atoms with Gasteiger partial charge in [-0.3, -0.25) is 4.99 Å². The van der Waals surface area contributed by atoms with E-state index in [0.29, 0.717) is 13.1 Å². The monoisotopic (exact) mass is 499 g/mol. The zero-order chi connectivity index (χ0) is 19.6. The summed E-state index contributed by atoms with van der Waals surface area (Å²) >= 11 is 0. The van der Waals surface area contributed by atoms with Gasteiger partial charge in [-0.15, -0.1) is 24.0 Å². The predicted octanol–water partition coefficient (Wildman–Crippen LogP) is 3.76. The first-order valence-corrected chi connectivity index (χ1v) is 8.94. The smallest absolute Gasteiger partial charge is 0.191 e. The topological polar surface area (TPSA) is 64.1 Å². The van der Waals surface area contributed by atoms with Gasteiger partial charge in [-0.25, -0.2) is 0 Å². The predicted molar refractivity (Wildman–Crippen MR) is 124 cm³/mol. The highest BCUT2D eigenvalue weighted by molar-refractivity contribution is 14.0. The van der Waals surface area contributed by atoms with Crippen LogP contribution in [0.4, 0.5) is 0 Å². The molecule has 0 bridgehead atoms. The number of aryl methyl sites for hydroxylation is 1. The third-order valence-electron chi connectivity index (χ3n) is 4.09. The number of methoxy groups -OCH3 is 2. The molecule has 2 rings (SSSR count). The lowest BCUT2D eigenvalue weighted by Gasteiger charge is -2.18. The summed E-state index contributed by atoms with van der Waals surface area (Å²) in [7, 11) is 5.08. The first-order chi connectivity index (χ1) is 13.0. The fourth-order valence-corrected chi connectivity index (χ4v) is 2.57. The van der Waals surface area contributed by atoms with E-state index in [1.165, 1.54) is 0 Å². The molecule has 154 valence electrons. The molecule has 0 saturated carbocycles. The first-order valence-electron chi connectivity index (χ1n) is 8.94. The summed E-state index contributed by atoms with van der Waals surface area (Å²) in [6.07, 6.45) is -0.0323. The highest BCUT2D eigenvalue weighted by Crippen LogP contribution is 2.20. The van der Waals surface area contributed by atoms with E-state index in [9.17, 15) is 0 Å². The van der Waals surface area contributed by atoms with Gasteiger partial charge >= 0.3 is 0 Å². The maximum atomic E-state index is 5.92. The van der Waals surface area contributed by atoms with Crippen molar-refractivity contribution < 1.29 is 14.2 Å². The second-order valence-corrected chi connectivity index (χ2v) is 6.22. The lowest BCUT2D eigenvalue weighted by atomic mass is 10.1. The molecule has 0 aliphatic rings. The molecule has 6 nitrogen and oxygen atoms in total. The molecule has 1 unspecified atom stereocenters. The first kappa shape index (κ1) is 23.9. The molecule has 7 heteroatoms. The van der Waals surface area contributed by atoms with E-state index in [1.807, 2.05) is 44.2 Å². The molecule has 0 aliphatic carbocycles. The van der Waals surface area contributed by atoms with E-state index in [4.69, 9.17) is 14.2 Å². The van der Waals surface area contributed by atoms with Gasteiger partial charge in [0, 0.05) is 19.7 Å². The second-order valence-electron chi connectivity index (χ2n) is 6.22. The van der Waals surface area contributed by atoms with Crippen molar-refractivity contribution in [1.29, 1.82) is 0 Å². The van der Waals surface area contributed by atoms with E-state index < -0.39 is 0 Å². The van der Waals surface area contributed by atoms with E-state index in [1.54, 1.807) is 21.3 Å². The fraction of sp³-hybridized carbons (Fsp3) is 0.381. The summed E-state index contributed by atoms with van der Waals surface area (Å²) in [4.78, 5) is 4.26. The zero-order valence-corrected chi connectivity index (χ0v) is 19.4. The summed E-state index contributed by atoms with van der Waals surface area (Å²) in [6, 6.07) is 13.7. The van der Waals surface area contributed by atoms with Crippen LogP contribution in [-0.2, 0) is 6.54 Å². The molecule has 1 atom stereocenters. The fourth-order valence-electron chi connectivity index (χ4n) is 2.57. The van der Waals surface area contributed by atoms with Crippen LogP contribution in [0, 0.1) is 6.92 Å². The molecule has 0 saturated heterocycles. The average molecular weight is 499 g/mol. The van der Waals surface area contributed by atoms with Crippen molar-refractivity contribution in [3.63, 3.8) is 0 Å². The minimum atomic E-state index is -0.0323. The largest absolute Gasteiger partial charge is 0.497 e. The molecule has 28 heavy (non-hydrogen) atoms. The van der Waals surface area contributed by atoms with Crippen LogP contribution in [0.15, 0.2) is 47.5 Å². The van der Waals surface area contributed by atoms with Crippen molar-refractivity contribution in [2.24, 2.45) is 4.99 Å². The summed E-state index contributed by atoms with van der Waals surface area (Å²) in [5.74, 6) is 3.16. The molecular weight excluding hydrogens is 469 g/mol. The van der Waals surface area contributed by atoms with Gasteiger partial charge in [0.15, 0.2) is 5.96 Å². The number of nitrogens with one attached hydrogen (secondary N) is 2. The van der Waals surface area contributed by atoms with Crippen molar-refractivity contribution in [1.82, 2.24) is 10.6 Å². The number of ether oxygens (including phenoxy) is 3. The molecule has 2 aromatic carbocycles. The maximum Gasteiger partial charge on any atom is 0.191 e. The molecular formula is C21H30IN3O3. The Kier molecular flexibility index (Phi) is 10.5. The second kappa shape index (κ2) is 12.3. The minimum Gasteiger partial charge on any atom is -0.497 e. The molecule has 2 N–H and O–H groups in total. The van der Waals surface area contributed by atoms with Crippen LogP contribution < -0.4 is 24.8 Å². The Labute approximate surface area is 184 Å². The molecule has 0 spiro atoms. The minimum absolute atomic E-state index is 0. The third-order valence-corrected chi connectivity index (χ3v) is 4.09. The van der Waals surface area contributed by atoms with Crippen LogP contribution in [0.1, 0.15) is 18.1 Å². The van der Waals surface area contributed by atoms with Crippen molar-refractivity contribution in [3.8, 4) is 17.2 Å². The van der Waals surface area contributed by atoms with Crippen LogP contribution in [-0.4, -0.2) is 39.9 Å². The van der Waals surface area contributed by atoms with Gasteiger partial charge in [-0.05, 0) is 43.2 Å². The molecule has 0 amide bonds. The van der Waals surface area contributed by atoms with E-state index in [0.717, 1.165) is 34.3 Å². The van der Waals surface area contributed by atoms with Gasteiger partial charge in [0.05, 0.1) is 20.8 Å². The lowest BCUT2D eigenvalue weighted by Crippen LogP contribution is -2.41. The standard InChI is InChI=1S/C21H29N3O3.HI/c1-15-9-10-17(11-20(15)26-5)14-24-21(22-3)23-13-16(2)27-19-8-6-7-18(12-19)25-4;/h6-12,16H,13-14H2,1-5H3,(H2,22,23,24);1H. The van der Waals surface area contributed by atoms with Crippen LogP contribution >= 0.6 is 24.0 Å². The van der Waals surface area contributed by atoms with Gasteiger partial charge in [0.2, 0.25) is 0 Å². The zero-order valence-electron chi connectivity index (χ0n) is 17.1. The molecule has 0 heterocycles. The van der Waals surface area contributed by atoms with E-state index >= 15 is 0 Å². The summed E-state index contributed by atoms with van der Waals surface area (Å²) < 4.78 is 16.5. The van der Waals surface area contributed by atoms with Crippen molar-refractivity contribution in [2.45, 2.75) is 26.5 Å². The van der Waals surface area contributed by atoms with Gasteiger partial charge in [-0.1, -0.05) is 18.2 Å². The average Bonchev–Trinajstić information content (AvgIpc) is 2.69. The van der Waals surface area contributed by atoms with Gasteiger partial charge in [-0.2, -0.15) is 0 Å². The lowest BCUT2D eigenvalue weighted by molar-refractivity contribution is 0.223. The summed E-state index contributed by atoms with van der Waals surface area (Å²) in [5, 5.41) is 6.58. The summed E-state index contributed by atoms with van der Waals surface area (Å²) in [6.45, 7) is 5.31. The quantitative estimate of drug-likeness (QED) is 0.329. The van der Waals surface area contributed by atoms with Crippen LogP contribution in [0.2, 0.25) is 0 Å². The van der Waals surface area contributed by atoms with Crippen molar-refractivity contribution in [3.05, 3.63) is 53.6 Å². The van der Waals surface area contributed by atoms with Crippen LogP contribution in [0.25, 0.3) is 0 Å². The molecule has 0 aromatic heterocycles. The Balaban J connectivity index is 0.00000392. The Bertz CT molecular complexity index is 768. The Hall–Kier alpha value is -2.16. The molecule has 0 aliphatic heterocycles. The number of hydrogen-bond acceptors (Lipinski definition) is 4. The molecule has 0 radical (unpaired) electrons. The number of hydrogen-bond donors (Lipinski definition) is 2. The summed E-state index contributed by atoms with van der Waals surface area (Å²) in [5.41, 5.74) is 2.24. The third kappa shape index (κ3) is 7.46. The molecule has 2 aromatic rings. The molecule has 0 fully saturated rings. The van der Waals surface area contributed by atoms with Gasteiger partial charge in [0.25, 0.3) is 0 Å². The van der Waals surface area contributed by atoms with Crippen LogP contribution in [0.5, 0.6) is 17.2 Å². The Morgan fingerprint density at radius 3 is 2.46 bits per heavy atom. The number of rotatable bonds is 8. The number of halogens is 1. The Morgan fingerprint density at radius 2 is 1.79 bits per heavy atom. The number of nitrogens with zero attached hydrogens (tertiary/aromatic N) is 1. The maximum absolute atomic E-state index is 5.92. The highest BCUT2D eigenvalue weighted by Gasteiger charge is 2.07. The van der Waals surface area contributed by atoms with Crippen molar-refractivity contribution in [2.75, 3.05) is 27.8 Å². The Morgan fingerprint density at radius 1 is 1.04 bits per heavy atom. The van der Waals surface area contributed by atoms with E-state index in [2.05, 4.69) is 27.8 Å². The number of benzene rings is 2. The highest BCUT2D eigenvalue weighted by atomic mass is 127. The van der Waals surface area contributed by atoms with Crippen LogP contribution in [0.3, 0.4) is 0 Å².